The number of esters is 1. The zero-order valence-electron chi connectivity index (χ0n) is 15.6. The smallest absolute Gasteiger partial charge is 0.328 e. The Hall–Kier alpha value is -3.08. The molecule has 2 aromatic carbocycles. The first kappa shape index (κ1) is 18.7. The zero-order valence-corrected chi connectivity index (χ0v) is 15.6. The number of carbonyl (C=O) groups is 2. The van der Waals surface area contributed by atoms with E-state index in [4.69, 9.17) is 4.74 Å². The number of hydrogen-bond donors (Lipinski definition) is 2. The number of amides is 1. The van der Waals surface area contributed by atoms with Crippen LogP contribution in [0.2, 0.25) is 0 Å². The lowest BCUT2D eigenvalue weighted by Crippen LogP contribution is -2.43. The van der Waals surface area contributed by atoms with Gasteiger partial charge in [-0.15, -0.1) is 0 Å². The molecule has 0 saturated carbocycles. The lowest BCUT2D eigenvalue weighted by Gasteiger charge is -2.18. The van der Waals surface area contributed by atoms with Crippen molar-refractivity contribution in [3.8, 4) is 0 Å². The number of rotatable bonds is 7. The van der Waals surface area contributed by atoms with Crippen molar-refractivity contribution >= 4 is 22.8 Å². The van der Waals surface area contributed by atoms with Crippen LogP contribution in [0.3, 0.4) is 0 Å². The van der Waals surface area contributed by atoms with Gasteiger partial charge in [-0.2, -0.15) is 0 Å². The zero-order chi connectivity index (χ0) is 19.2. The number of benzene rings is 2. The highest BCUT2D eigenvalue weighted by molar-refractivity contribution is 5.87. The van der Waals surface area contributed by atoms with E-state index in [2.05, 4.69) is 10.3 Å². The SMILES string of the molecule is COC(=O)C(Cc1c[nH]c2ccccc12)NC(=O)CC(C)c1ccccc1. The number of methoxy groups -OCH3 is 1. The molecule has 5 nitrogen and oxygen atoms in total. The quantitative estimate of drug-likeness (QED) is 0.630. The average Bonchev–Trinajstić information content (AvgIpc) is 3.10. The Balaban J connectivity index is 1.69. The van der Waals surface area contributed by atoms with E-state index in [1.807, 2.05) is 67.7 Å². The number of aromatic nitrogens is 1. The summed E-state index contributed by atoms with van der Waals surface area (Å²) in [7, 11) is 1.34. The maximum absolute atomic E-state index is 12.5. The van der Waals surface area contributed by atoms with Crippen LogP contribution in [0.25, 0.3) is 10.9 Å². The molecule has 1 amide bonds. The van der Waals surface area contributed by atoms with Gasteiger partial charge in [-0.1, -0.05) is 55.5 Å². The molecule has 3 aromatic rings. The molecule has 140 valence electrons. The molecule has 2 atom stereocenters. The first-order valence-corrected chi connectivity index (χ1v) is 9.05. The molecule has 2 unspecified atom stereocenters. The summed E-state index contributed by atoms with van der Waals surface area (Å²) in [6, 6.07) is 17.0. The van der Waals surface area contributed by atoms with E-state index in [1.165, 1.54) is 7.11 Å². The summed E-state index contributed by atoms with van der Waals surface area (Å²) in [6.45, 7) is 2.00. The van der Waals surface area contributed by atoms with Crippen LogP contribution in [0.15, 0.2) is 60.8 Å². The Morgan fingerprint density at radius 1 is 1.07 bits per heavy atom. The van der Waals surface area contributed by atoms with E-state index in [1.54, 1.807) is 0 Å². The van der Waals surface area contributed by atoms with E-state index in [-0.39, 0.29) is 11.8 Å². The van der Waals surface area contributed by atoms with Gasteiger partial charge in [-0.3, -0.25) is 4.79 Å². The molecule has 5 heteroatoms. The fourth-order valence-electron chi connectivity index (χ4n) is 3.29. The fourth-order valence-corrected chi connectivity index (χ4v) is 3.29. The van der Waals surface area contributed by atoms with Gasteiger partial charge < -0.3 is 15.0 Å². The van der Waals surface area contributed by atoms with Crippen molar-refractivity contribution in [2.45, 2.75) is 31.7 Å². The summed E-state index contributed by atoms with van der Waals surface area (Å²) in [5, 5.41) is 3.88. The van der Waals surface area contributed by atoms with Crippen LogP contribution in [0, 0.1) is 0 Å². The Bertz CT molecular complexity index is 917. The van der Waals surface area contributed by atoms with Crippen molar-refractivity contribution in [3.63, 3.8) is 0 Å². The van der Waals surface area contributed by atoms with Gasteiger partial charge in [0.1, 0.15) is 6.04 Å². The number of nitrogens with one attached hydrogen (secondary N) is 2. The van der Waals surface area contributed by atoms with Gasteiger partial charge in [0.05, 0.1) is 7.11 Å². The monoisotopic (exact) mass is 364 g/mol. The Labute approximate surface area is 158 Å². The highest BCUT2D eigenvalue weighted by atomic mass is 16.5. The molecule has 0 spiro atoms. The summed E-state index contributed by atoms with van der Waals surface area (Å²) in [4.78, 5) is 27.9. The molecule has 0 aliphatic heterocycles. The molecule has 0 saturated heterocycles. The van der Waals surface area contributed by atoms with E-state index in [0.717, 1.165) is 22.0 Å². The van der Waals surface area contributed by atoms with Gasteiger partial charge in [0.25, 0.3) is 0 Å². The highest BCUT2D eigenvalue weighted by Crippen LogP contribution is 2.21. The van der Waals surface area contributed by atoms with Crippen molar-refractivity contribution < 1.29 is 14.3 Å². The molecule has 1 aromatic heterocycles. The van der Waals surface area contributed by atoms with E-state index >= 15 is 0 Å². The second-order valence-electron chi connectivity index (χ2n) is 6.72. The van der Waals surface area contributed by atoms with Gasteiger partial charge in [0.2, 0.25) is 5.91 Å². The number of carbonyl (C=O) groups excluding carboxylic acids is 2. The first-order valence-electron chi connectivity index (χ1n) is 9.05. The molecule has 0 bridgehead atoms. The van der Waals surface area contributed by atoms with Crippen LogP contribution < -0.4 is 5.32 Å². The van der Waals surface area contributed by atoms with E-state index in [0.29, 0.717) is 12.8 Å². The average molecular weight is 364 g/mol. The maximum Gasteiger partial charge on any atom is 0.328 e. The minimum atomic E-state index is -0.718. The van der Waals surface area contributed by atoms with Crippen molar-refractivity contribution in [2.75, 3.05) is 7.11 Å². The minimum absolute atomic E-state index is 0.0672. The third-order valence-electron chi connectivity index (χ3n) is 4.78. The Kier molecular flexibility index (Phi) is 5.91. The van der Waals surface area contributed by atoms with Crippen LogP contribution >= 0.6 is 0 Å². The first-order chi connectivity index (χ1) is 13.1. The molecule has 1 heterocycles. The number of ether oxygens (including phenoxy) is 1. The second kappa shape index (κ2) is 8.54. The maximum atomic E-state index is 12.5. The molecule has 0 aliphatic rings. The van der Waals surface area contributed by atoms with Gasteiger partial charge in [-0.25, -0.2) is 4.79 Å². The third kappa shape index (κ3) is 4.56. The van der Waals surface area contributed by atoms with E-state index < -0.39 is 12.0 Å². The predicted octanol–water partition coefficient (Wildman–Crippen LogP) is 3.56. The van der Waals surface area contributed by atoms with Gasteiger partial charge in [0.15, 0.2) is 0 Å². The number of hydrogen-bond acceptors (Lipinski definition) is 3. The number of aromatic amines is 1. The van der Waals surface area contributed by atoms with Crippen molar-refractivity contribution in [3.05, 3.63) is 71.9 Å². The van der Waals surface area contributed by atoms with Crippen molar-refractivity contribution in [2.24, 2.45) is 0 Å². The van der Waals surface area contributed by atoms with Crippen LogP contribution in [0.5, 0.6) is 0 Å². The van der Waals surface area contributed by atoms with E-state index in [9.17, 15) is 9.59 Å². The van der Waals surface area contributed by atoms with Crippen LogP contribution in [0.1, 0.15) is 30.4 Å². The summed E-state index contributed by atoms with van der Waals surface area (Å²) in [6.07, 6.45) is 2.56. The molecule has 3 rings (SSSR count). The summed E-state index contributed by atoms with van der Waals surface area (Å²) < 4.78 is 4.90. The van der Waals surface area contributed by atoms with Crippen molar-refractivity contribution in [1.29, 1.82) is 0 Å². The van der Waals surface area contributed by atoms with Crippen LogP contribution in [-0.4, -0.2) is 30.0 Å². The number of para-hydroxylation sites is 1. The Morgan fingerprint density at radius 2 is 1.78 bits per heavy atom. The normalized spacial score (nSPS) is 13.1. The summed E-state index contributed by atoms with van der Waals surface area (Å²) >= 11 is 0. The fraction of sp³-hybridized carbons (Fsp3) is 0.273. The molecular formula is C22H24N2O3. The standard InChI is InChI=1S/C22H24N2O3/c1-15(16-8-4-3-5-9-16)12-21(25)24-20(22(26)27-2)13-17-14-23-19-11-7-6-10-18(17)19/h3-11,14-15,20,23H,12-13H2,1-2H3,(H,24,25). The van der Waals surface area contributed by atoms with Gasteiger partial charge >= 0.3 is 5.97 Å². The van der Waals surface area contributed by atoms with Crippen LogP contribution in [0.4, 0.5) is 0 Å². The van der Waals surface area contributed by atoms with Gasteiger partial charge in [0, 0.05) is 29.9 Å². The summed E-state index contributed by atoms with van der Waals surface area (Å²) in [5.74, 6) is -0.542. The van der Waals surface area contributed by atoms with Crippen molar-refractivity contribution in [1.82, 2.24) is 10.3 Å². The summed E-state index contributed by atoms with van der Waals surface area (Å²) in [5.41, 5.74) is 3.07. The predicted molar refractivity (Wildman–Crippen MR) is 105 cm³/mol. The lowest BCUT2D eigenvalue weighted by atomic mass is 9.97. The molecule has 2 N–H and O–H groups in total. The molecule has 0 fully saturated rings. The highest BCUT2D eigenvalue weighted by Gasteiger charge is 2.24. The lowest BCUT2D eigenvalue weighted by molar-refractivity contribution is -0.145. The third-order valence-corrected chi connectivity index (χ3v) is 4.78. The number of fused-ring (bicyclic) bond motifs is 1. The van der Waals surface area contributed by atoms with Gasteiger partial charge in [-0.05, 0) is 23.1 Å². The molecule has 0 radical (unpaired) electrons. The van der Waals surface area contributed by atoms with Crippen LogP contribution in [-0.2, 0) is 20.7 Å². The number of H-pyrrole nitrogens is 1. The molecular weight excluding hydrogens is 340 g/mol. The topological polar surface area (TPSA) is 71.2 Å². The Morgan fingerprint density at radius 3 is 2.52 bits per heavy atom. The largest absolute Gasteiger partial charge is 0.467 e. The second-order valence-corrected chi connectivity index (χ2v) is 6.72. The minimum Gasteiger partial charge on any atom is -0.467 e. The molecule has 27 heavy (non-hydrogen) atoms. The molecule has 0 aliphatic carbocycles.